The molecule has 14 heavy (non-hydrogen) atoms. The Labute approximate surface area is 88.9 Å². The van der Waals surface area contributed by atoms with E-state index in [2.05, 4.69) is 26.8 Å². The fourth-order valence-corrected chi connectivity index (χ4v) is 1.38. The van der Waals surface area contributed by atoms with Crippen LogP contribution >= 0.6 is 11.8 Å². The van der Waals surface area contributed by atoms with E-state index in [-0.39, 0.29) is 0 Å². The first-order valence-electron chi connectivity index (χ1n) is 4.64. The van der Waals surface area contributed by atoms with E-state index < -0.39 is 0 Å². The summed E-state index contributed by atoms with van der Waals surface area (Å²) in [7, 11) is 0. The summed E-state index contributed by atoms with van der Waals surface area (Å²) in [6.07, 6.45) is 3.23. The van der Waals surface area contributed by atoms with E-state index in [1.54, 1.807) is 0 Å². The summed E-state index contributed by atoms with van der Waals surface area (Å²) in [4.78, 5) is 4.28. The lowest BCUT2D eigenvalue weighted by Crippen LogP contribution is -2.08. The highest BCUT2D eigenvalue weighted by Crippen LogP contribution is 2.02. The Morgan fingerprint density at radius 2 is 2.00 bits per heavy atom. The predicted molar refractivity (Wildman–Crippen MR) is 60.8 cm³/mol. The lowest BCUT2D eigenvalue weighted by molar-refractivity contribution is 0.873. The summed E-state index contributed by atoms with van der Waals surface area (Å²) in [5.41, 5.74) is 1.83. The van der Waals surface area contributed by atoms with Gasteiger partial charge in [0.25, 0.3) is 0 Å². The summed E-state index contributed by atoms with van der Waals surface area (Å²) < 4.78 is 0. The molecule has 0 aliphatic carbocycles. The van der Waals surface area contributed by atoms with Crippen LogP contribution in [0.2, 0.25) is 0 Å². The summed E-state index contributed by atoms with van der Waals surface area (Å²) in [5.74, 6) is 1.79. The van der Waals surface area contributed by atoms with Crippen molar-refractivity contribution in [3.63, 3.8) is 0 Å². The fraction of sp³-hybridized carbons (Fsp3) is 0.667. The second-order valence-corrected chi connectivity index (χ2v) is 4.06. The molecule has 78 valence electrons. The Morgan fingerprint density at radius 3 is 2.64 bits per heavy atom. The molecule has 0 aliphatic heterocycles. The van der Waals surface area contributed by atoms with Gasteiger partial charge in [0.2, 0.25) is 5.95 Å². The molecule has 0 atom stereocenters. The molecule has 4 nitrogen and oxygen atoms in total. The quantitative estimate of drug-likeness (QED) is 0.752. The van der Waals surface area contributed by atoms with E-state index in [4.69, 9.17) is 0 Å². The van der Waals surface area contributed by atoms with E-state index >= 15 is 0 Å². The predicted octanol–water partition coefficient (Wildman–Crippen LogP) is 1.65. The third-order valence-corrected chi connectivity index (χ3v) is 2.60. The average molecular weight is 212 g/mol. The summed E-state index contributed by atoms with van der Waals surface area (Å²) in [6, 6.07) is 0. The molecule has 1 rings (SSSR count). The highest BCUT2D eigenvalue weighted by Gasteiger charge is 1.99. The standard InChI is InChI=1S/C9H16N4S/c1-7-8(2)12-13-9(11-7)10-5-4-6-14-3/h4-6H2,1-3H3,(H,10,11,13). The molecule has 0 aromatic carbocycles. The molecule has 0 saturated heterocycles. The van der Waals surface area contributed by atoms with Crippen molar-refractivity contribution in [2.75, 3.05) is 23.9 Å². The van der Waals surface area contributed by atoms with Crippen molar-refractivity contribution in [3.8, 4) is 0 Å². The smallest absolute Gasteiger partial charge is 0.242 e. The van der Waals surface area contributed by atoms with Gasteiger partial charge in [-0.15, -0.1) is 5.10 Å². The molecule has 0 radical (unpaired) electrons. The van der Waals surface area contributed by atoms with Crippen molar-refractivity contribution >= 4 is 17.7 Å². The Bertz CT molecular complexity index is 290. The number of rotatable bonds is 5. The largest absolute Gasteiger partial charge is 0.353 e. The Balaban J connectivity index is 2.39. The van der Waals surface area contributed by atoms with Gasteiger partial charge in [0, 0.05) is 6.54 Å². The highest BCUT2D eigenvalue weighted by atomic mass is 32.2. The summed E-state index contributed by atoms with van der Waals surface area (Å²) >= 11 is 1.85. The minimum Gasteiger partial charge on any atom is -0.353 e. The van der Waals surface area contributed by atoms with Crippen LogP contribution in [0.3, 0.4) is 0 Å². The molecule has 0 aliphatic rings. The number of nitrogens with one attached hydrogen (secondary N) is 1. The zero-order valence-corrected chi connectivity index (χ0v) is 9.69. The van der Waals surface area contributed by atoms with Crippen LogP contribution in [0.4, 0.5) is 5.95 Å². The van der Waals surface area contributed by atoms with Crippen LogP contribution < -0.4 is 5.32 Å². The number of nitrogens with zero attached hydrogens (tertiary/aromatic N) is 3. The van der Waals surface area contributed by atoms with Crippen molar-refractivity contribution in [2.24, 2.45) is 0 Å². The van der Waals surface area contributed by atoms with Gasteiger partial charge < -0.3 is 5.32 Å². The molecule has 5 heteroatoms. The molecule has 0 unspecified atom stereocenters. The van der Waals surface area contributed by atoms with Gasteiger partial charge in [0.1, 0.15) is 0 Å². The first-order chi connectivity index (χ1) is 6.74. The Kier molecular flexibility index (Phi) is 4.65. The van der Waals surface area contributed by atoms with Gasteiger partial charge in [-0.05, 0) is 32.3 Å². The van der Waals surface area contributed by atoms with E-state index in [1.807, 2.05) is 25.6 Å². The van der Waals surface area contributed by atoms with Crippen molar-refractivity contribution in [3.05, 3.63) is 11.4 Å². The van der Waals surface area contributed by atoms with Gasteiger partial charge in [-0.2, -0.15) is 16.9 Å². The van der Waals surface area contributed by atoms with Crippen LogP contribution in [0.15, 0.2) is 0 Å². The first kappa shape index (κ1) is 11.2. The van der Waals surface area contributed by atoms with Crippen molar-refractivity contribution < 1.29 is 0 Å². The van der Waals surface area contributed by atoms with E-state index in [0.29, 0.717) is 5.95 Å². The zero-order chi connectivity index (χ0) is 10.4. The molecule has 1 aromatic heterocycles. The average Bonchev–Trinajstić information content (AvgIpc) is 2.18. The number of hydrogen-bond acceptors (Lipinski definition) is 5. The topological polar surface area (TPSA) is 50.7 Å². The molecule has 1 aromatic rings. The van der Waals surface area contributed by atoms with Crippen molar-refractivity contribution in [1.82, 2.24) is 15.2 Å². The van der Waals surface area contributed by atoms with Gasteiger partial charge in [0.05, 0.1) is 11.4 Å². The van der Waals surface area contributed by atoms with Gasteiger partial charge in [-0.25, -0.2) is 4.98 Å². The van der Waals surface area contributed by atoms with Crippen LogP contribution in [0, 0.1) is 13.8 Å². The summed E-state index contributed by atoms with van der Waals surface area (Å²) in [5, 5.41) is 11.1. The maximum Gasteiger partial charge on any atom is 0.242 e. The second kappa shape index (κ2) is 5.80. The minimum atomic E-state index is 0.634. The minimum absolute atomic E-state index is 0.634. The number of hydrogen-bond donors (Lipinski definition) is 1. The van der Waals surface area contributed by atoms with Crippen LogP contribution in [-0.4, -0.2) is 33.7 Å². The van der Waals surface area contributed by atoms with Crippen LogP contribution in [0.1, 0.15) is 17.8 Å². The SMILES string of the molecule is CSCCCNc1nnc(C)c(C)n1. The molecular formula is C9H16N4S. The number of anilines is 1. The van der Waals surface area contributed by atoms with Crippen LogP contribution in [-0.2, 0) is 0 Å². The van der Waals surface area contributed by atoms with Crippen molar-refractivity contribution in [1.29, 1.82) is 0 Å². The molecule has 0 saturated carbocycles. The van der Waals surface area contributed by atoms with Gasteiger partial charge in [-0.3, -0.25) is 0 Å². The molecular weight excluding hydrogens is 196 g/mol. The maximum atomic E-state index is 4.28. The molecule has 0 bridgehead atoms. The highest BCUT2D eigenvalue weighted by molar-refractivity contribution is 7.98. The van der Waals surface area contributed by atoms with Crippen LogP contribution in [0.25, 0.3) is 0 Å². The monoisotopic (exact) mass is 212 g/mol. The molecule has 0 amide bonds. The van der Waals surface area contributed by atoms with Crippen LogP contribution in [0.5, 0.6) is 0 Å². The Hall–Kier alpha value is -0.840. The lowest BCUT2D eigenvalue weighted by Gasteiger charge is -2.04. The first-order valence-corrected chi connectivity index (χ1v) is 6.04. The van der Waals surface area contributed by atoms with Gasteiger partial charge >= 0.3 is 0 Å². The number of thioether (sulfide) groups is 1. The van der Waals surface area contributed by atoms with E-state index in [0.717, 1.165) is 30.1 Å². The molecule has 1 heterocycles. The van der Waals surface area contributed by atoms with E-state index in [9.17, 15) is 0 Å². The molecule has 0 spiro atoms. The van der Waals surface area contributed by atoms with Crippen molar-refractivity contribution in [2.45, 2.75) is 20.3 Å². The normalized spacial score (nSPS) is 10.2. The van der Waals surface area contributed by atoms with Gasteiger partial charge in [0.15, 0.2) is 0 Å². The summed E-state index contributed by atoms with van der Waals surface area (Å²) in [6.45, 7) is 4.76. The lowest BCUT2D eigenvalue weighted by atomic mass is 10.4. The Morgan fingerprint density at radius 1 is 1.21 bits per heavy atom. The third-order valence-electron chi connectivity index (χ3n) is 1.90. The van der Waals surface area contributed by atoms with Gasteiger partial charge in [-0.1, -0.05) is 0 Å². The maximum absolute atomic E-state index is 4.28. The fourth-order valence-electron chi connectivity index (χ4n) is 0.948. The molecule has 1 N–H and O–H groups in total. The van der Waals surface area contributed by atoms with E-state index in [1.165, 1.54) is 0 Å². The second-order valence-electron chi connectivity index (χ2n) is 3.08. The zero-order valence-electron chi connectivity index (χ0n) is 8.87. The number of aryl methyl sites for hydroxylation is 2. The number of aromatic nitrogens is 3. The third kappa shape index (κ3) is 3.49. The molecule has 0 fully saturated rings.